The summed E-state index contributed by atoms with van der Waals surface area (Å²) in [6.07, 6.45) is 0.0565. The minimum atomic E-state index is -3.52. The summed E-state index contributed by atoms with van der Waals surface area (Å²) in [4.78, 5) is 11.7. The molecular weight excluding hydrogens is 428 g/mol. The minimum absolute atomic E-state index is 0.260. The van der Waals surface area contributed by atoms with Gasteiger partial charge in [0.2, 0.25) is 9.84 Å². The molecule has 1 atom stereocenters. The standard InChI is InChI=1S/C25H26O6S/c1-2-30-24(25(26)27)18-20-8-12-21(13-9-20)31-17-16-19-10-14-23(15-11-19)32(28,29)22-6-4-3-5-7-22/h3-15,24H,2,16-18H2,1H3,(H,26,27)/t24-/m0/s1. The Hall–Kier alpha value is -3.16. The van der Waals surface area contributed by atoms with E-state index < -0.39 is 21.9 Å². The number of aliphatic carboxylic acids is 1. The molecule has 32 heavy (non-hydrogen) atoms. The number of rotatable bonds is 11. The summed E-state index contributed by atoms with van der Waals surface area (Å²) in [5, 5.41) is 9.18. The molecule has 0 saturated heterocycles. The molecule has 0 amide bonds. The van der Waals surface area contributed by atoms with Gasteiger partial charge >= 0.3 is 5.97 Å². The van der Waals surface area contributed by atoms with E-state index in [1.165, 1.54) is 0 Å². The smallest absolute Gasteiger partial charge is 0.333 e. The van der Waals surface area contributed by atoms with E-state index in [1.807, 2.05) is 12.1 Å². The van der Waals surface area contributed by atoms with Gasteiger partial charge in [0.1, 0.15) is 5.75 Å². The highest BCUT2D eigenvalue weighted by Crippen LogP contribution is 2.21. The Kier molecular flexibility index (Phi) is 8.03. The van der Waals surface area contributed by atoms with E-state index in [0.29, 0.717) is 31.8 Å². The zero-order chi connectivity index (χ0) is 23.0. The number of hydrogen-bond acceptors (Lipinski definition) is 5. The predicted octanol–water partition coefficient (Wildman–Crippen LogP) is 4.17. The molecule has 0 fully saturated rings. The second-order valence-electron chi connectivity index (χ2n) is 7.19. The highest BCUT2D eigenvalue weighted by molar-refractivity contribution is 7.91. The molecule has 0 heterocycles. The van der Waals surface area contributed by atoms with Crippen LogP contribution in [0.4, 0.5) is 0 Å². The number of carboxylic acids is 1. The summed E-state index contributed by atoms with van der Waals surface area (Å²) in [5.74, 6) is -0.296. The first kappa shape index (κ1) is 23.5. The van der Waals surface area contributed by atoms with Crippen LogP contribution in [0, 0.1) is 0 Å². The van der Waals surface area contributed by atoms with Gasteiger partial charge in [-0.1, -0.05) is 42.5 Å². The van der Waals surface area contributed by atoms with Gasteiger partial charge in [-0.2, -0.15) is 0 Å². The van der Waals surface area contributed by atoms with Gasteiger partial charge in [0, 0.05) is 19.4 Å². The highest BCUT2D eigenvalue weighted by Gasteiger charge is 2.18. The summed E-state index contributed by atoms with van der Waals surface area (Å²) in [6.45, 7) is 2.54. The maximum absolute atomic E-state index is 12.6. The summed E-state index contributed by atoms with van der Waals surface area (Å²) < 4.78 is 36.3. The topological polar surface area (TPSA) is 89.9 Å². The zero-order valence-corrected chi connectivity index (χ0v) is 18.6. The molecule has 6 nitrogen and oxygen atoms in total. The molecule has 0 bridgehead atoms. The third-order valence-corrected chi connectivity index (χ3v) is 6.72. The van der Waals surface area contributed by atoms with Gasteiger partial charge in [-0.3, -0.25) is 0 Å². The fourth-order valence-electron chi connectivity index (χ4n) is 3.21. The summed E-state index contributed by atoms with van der Waals surface area (Å²) in [6, 6.07) is 22.4. The summed E-state index contributed by atoms with van der Waals surface area (Å²) in [5.41, 5.74) is 1.82. The molecule has 0 aliphatic rings. The van der Waals surface area contributed by atoms with Crippen LogP contribution >= 0.6 is 0 Å². The molecule has 0 saturated carbocycles. The molecule has 3 aromatic rings. The highest BCUT2D eigenvalue weighted by atomic mass is 32.2. The van der Waals surface area contributed by atoms with Crippen LogP contribution in [-0.2, 0) is 32.2 Å². The van der Waals surface area contributed by atoms with Gasteiger partial charge in [0.05, 0.1) is 16.4 Å². The average molecular weight is 455 g/mol. The quantitative estimate of drug-likeness (QED) is 0.468. The first-order valence-electron chi connectivity index (χ1n) is 10.4. The first-order chi connectivity index (χ1) is 15.4. The molecule has 0 aliphatic carbocycles. The van der Waals surface area contributed by atoms with Crippen LogP contribution in [0.1, 0.15) is 18.1 Å². The van der Waals surface area contributed by atoms with E-state index in [1.54, 1.807) is 73.7 Å². The number of hydrogen-bond donors (Lipinski definition) is 1. The van der Waals surface area contributed by atoms with Gasteiger partial charge in [-0.25, -0.2) is 13.2 Å². The van der Waals surface area contributed by atoms with Crippen molar-refractivity contribution in [2.45, 2.75) is 35.7 Å². The van der Waals surface area contributed by atoms with Crippen molar-refractivity contribution in [1.29, 1.82) is 0 Å². The third-order valence-electron chi connectivity index (χ3n) is 4.93. The fraction of sp³-hybridized carbons (Fsp3) is 0.240. The molecule has 0 aromatic heterocycles. The van der Waals surface area contributed by atoms with E-state index >= 15 is 0 Å². The van der Waals surface area contributed by atoms with Gasteiger partial charge < -0.3 is 14.6 Å². The molecule has 3 aromatic carbocycles. The molecule has 0 radical (unpaired) electrons. The lowest BCUT2D eigenvalue weighted by Gasteiger charge is -2.13. The Morgan fingerprint density at radius 3 is 2.06 bits per heavy atom. The SMILES string of the molecule is CCO[C@@H](Cc1ccc(OCCc2ccc(S(=O)(=O)c3ccccc3)cc2)cc1)C(=O)O. The Labute approximate surface area is 188 Å². The van der Waals surface area contributed by atoms with E-state index in [4.69, 9.17) is 9.47 Å². The molecule has 168 valence electrons. The van der Waals surface area contributed by atoms with E-state index in [2.05, 4.69) is 0 Å². The van der Waals surface area contributed by atoms with Crippen LogP contribution in [0.15, 0.2) is 88.7 Å². The van der Waals surface area contributed by atoms with Crippen molar-refractivity contribution in [1.82, 2.24) is 0 Å². The molecule has 0 aliphatic heterocycles. The van der Waals surface area contributed by atoms with Crippen LogP contribution in [-0.4, -0.2) is 38.8 Å². The van der Waals surface area contributed by atoms with Gasteiger partial charge in [-0.15, -0.1) is 0 Å². The Balaban J connectivity index is 1.53. The number of sulfone groups is 1. The van der Waals surface area contributed by atoms with Gasteiger partial charge in [0.25, 0.3) is 0 Å². The Bertz CT molecular complexity index is 1110. The maximum Gasteiger partial charge on any atom is 0.333 e. The van der Waals surface area contributed by atoms with Gasteiger partial charge in [0.15, 0.2) is 6.10 Å². The summed E-state index contributed by atoms with van der Waals surface area (Å²) >= 11 is 0. The number of carbonyl (C=O) groups is 1. The van der Waals surface area contributed by atoms with Crippen LogP contribution in [0.3, 0.4) is 0 Å². The van der Waals surface area contributed by atoms with Crippen molar-refractivity contribution in [2.24, 2.45) is 0 Å². The fourth-order valence-corrected chi connectivity index (χ4v) is 4.49. The van der Waals surface area contributed by atoms with Crippen LogP contribution in [0.5, 0.6) is 5.75 Å². The van der Waals surface area contributed by atoms with Crippen LogP contribution in [0.2, 0.25) is 0 Å². The van der Waals surface area contributed by atoms with Crippen molar-refractivity contribution in [3.8, 4) is 5.75 Å². The monoisotopic (exact) mass is 454 g/mol. The molecule has 7 heteroatoms. The second kappa shape index (κ2) is 10.9. The molecule has 1 N–H and O–H groups in total. The first-order valence-corrected chi connectivity index (χ1v) is 11.8. The van der Waals surface area contributed by atoms with Crippen LogP contribution < -0.4 is 4.74 Å². The molecular formula is C25H26O6S. The lowest BCUT2D eigenvalue weighted by Crippen LogP contribution is -2.26. The van der Waals surface area contributed by atoms with Crippen LogP contribution in [0.25, 0.3) is 0 Å². The maximum atomic E-state index is 12.6. The van der Waals surface area contributed by atoms with E-state index in [9.17, 15) is 18.3 Å². The molecule has 0 unspecified atom stereocenters. The average Bonchev–Trinajstić information content (AvgIpc) is 2.81. The third kappa shape index (κ3) is 6.18. The van der Waals surface area contributed by atoms with Crippen molar-refractivity contribution in [3.05, 3.63) is 90.0 Å². The Morgan fingerprint density at radius 2 is 1.47 bits per heavy atom. The zero-order valence-electron chi connectivity index (χ0n) is 17.8. The van der Waals surface area contributed by atoms with Gasteiger partial charge in [-0.05, 0) is 54.4 Å². The molecule has 3 rings (SSSR count). The predicted molar refractivity (Wildman–Crippen MR) is 121 cm³/mol. The van der Waals surface area contributed by atoms with E-state index in [0.717, 1.165) is 11.1 Å². The number of ether oxygens (including phenoxy) is 2. The number of benzene rings is 3. The summed E-state index contributed by atoms with van der Waals surface area (Å²) in [7, 11) is -3.52. The Morgan fingerprint density at radius 1 is 0.875 bits per heavy atom. The van der Waals surface area contributed by atoms with Crippen molar-refractivity contribution < 1.29 is 27.8 Å². The van der Waals surface area contributed by atoms with Crippen molar-refractivity contribution in [3.63, 3.8) is 0 Å². The van der Waals surface area contributed by atoms with Crippen molar-refractivity contribution >= 4 is 15.8 Å². The van der Waals surface area contributed by atoms with Crippen molar-refractivity contribution in [2.75, 3.05) is 13.2 Å². The minimum Gasteiger partial charge on any atom is -0.493 e. The van der Waals surface area contributed by atoms with E-state index in [-0.39, 0.29) is 9.79 Å². The largest absolute Gasteiger partial charge is 0.493 e. The number of carboxylic acid groups (broad SMARTS) is 1. The lowest BCUT2D eigenvalue weighted by atomic mass is 10.1. The lowest BCUT2D eigenvalue weighted by molar-refractivity contribution is -0.149. The second-order valence-corrected chi connectivity index (χ2v) is 9.14. The normalized spacial score (nSPS) is 12.3. The molecule has 0 spiro atoms.